The molecule has 3 aliphatic carbocycles. The van der Waals surface area contributed by atoms with Crippen LogP contribution in [0.3, 0.4) is 0 Å². The van der Waals surface area contributed by atoms with E-state index >= 15 is 0 Å². The van der Waals surface area contributed by atoms with Crippen LogP contribution in [0.1, 0.15) is 71.1 Å². The molecule has 4 unspecified atom stereocenters. The van der Waals surface area contributed by atoms with Gasteiger partial charge in [-0.25, -0.2) is 8.78 Å². The third-order valence-corrected chi connectivity index (χ3v) is 7.38. The van der Waals surface area contributed by atoms with Gasteiger partial charge >= 0.3 is 0 Å². The van der Waals surface area contributed by atoms with Gasteiger partial charge in [0.15, 0.2) is 12.3 Å². The van der Waals surface area contributed by atoms with E-state index in [-0.39, 0.29) is 0 Å². The summed E-state index contributed by atoms with van der Waals surface area (Å²) in [5, 5.41) is 0. The number of halogens is 2. The van der Waals surface area contributed by atoms with Crippen molar-refractivity contribution in [2.75, 3.05) is 13.2 Å². The smallest absolute Gasteiger partial charge is 0.160 e. The molecule has 0 spiro atoms. The maximum atomic E-state index is 14.3. The van der Waals surface area contributed by atoms with Crippen LogP contribution < -0.4 is 0 Å². The van der Waals surface area contributed by atoms with Crippen molar-refractivity contribution in [2.45, 2.75) is 95.7 Å². The Labute approximate surface area is 164 Å². The van der Waals surface area contributed by atoms with Gasteiger partial charge < -0.3 is 9.47 Å². The number of rotatable bonds is 7. The molecule has 0 heterocycles. The van der Waals surface area contributed by atoms with Crippen molar-refractivity contribution in [3.05, 3.63) is 12.7 Å². The predicted molar refractivity (Wildman–Crippen MR) is 105 cm³/mol. The van der Waals surface area contributed by atoms with Crippen LogP contribution in [0.15, 0.2) is 12.7 Å². The van der Waals surface area contributed by atoms with E-state index in [1.807, 2.05) is 6.92 Å². The first-order valence-electron chi connectivity index (χ1n) is 11.3. The molecule has 0 N–H and O–H groups in total. The van der Waals surface area contributed by atoms with Crippen molar-refractivity contribution in [1.29, 1.82) is 0 Å². The summed E-state index contributed by atoms with van der Waals surface area (Å²) in [5.74, 6) is 3.00. The van der Waals surface area contributed by atoms with Crippen LogP contribution in [0.2, 0.25) is 0 Å². The Morgan fingerprint density at radius 1 is 0.778 bits per heavy atom. The van der Waals surface area contributed by atoms with E-state index in [0.717, 1.165) is 17.8 Å². The monoisotopic (exact) mass is 384 g/mol. The van der Waals surface area contributed by atoms with Gasteiger partial charge in [-0.05, 0) is 94.8 Å². The van der Waals surface area contributed by atoms with E-state index in [1.54, 1.807) is 0 Å². The summed E-state index contributed by atoms with van der Waals surface area (Å²) in [6.07, 6.45) is 9.19. The summed E-state index contributed by atoms with van der Waals surface area (Å²) >= 11 is 0. The Kier molecular flexibility index (Phi) is 8.13. The minimum atomic E-state index is -1.55. The fourth-order valence-electron chi connectivity index (χ4n) is 5.56. The molecule has 3 fully saturated rings. The molecule has 3 aliphatic rings. The van der Waals surface area contributed by atoms with E-state index in [1.165, 1.54) is 51.4 Å². The van der Waals surface area contributed by atoms with E-state index in [0.29, 0.717) is 32.0 Å². The lowest BCUT2D eigenvalue weighted by Gasteiger charge is -2.38. The van der Waals surface area contributed by atoms with Crippen molar-refractivity contribution in [1.82, 2.24) is 0 Å². The minimum absolute atomic E-state index is 0.432. The number of hydrogen-bond acceptors (Lipinski definition) is 2. The molecular weight excluding hydrogens is 346 g/mol. The summed E-state index contributed by atoms with van der Waals surface area (Å²) in [5.41, 5.74) is 0. The van der Waals surface area contributed by atoms with Crippen LogP contribution >= 0.6 is 0 Å². The molecule has 0 bridgehead atoms. The Morgan fingerprint density at radius 3 is 1.81 bits per heavy atom. The first-order valence-corrected chi connectivity index (χ1v) is 11.3. The largest absolute Gasteiger partial charge is 0.375 e. The molecule has 3 saturated carbocycles. The van der Waals surface area contributed by atoms with Crippen molar-refractivity contribution in [3.63, 3.8) is 0 Å². The van der Waals surface area contributed by atoms with E-state index in [2.05, 4.69) is 12.7 Å². The molecule has 0 aromatic heterocycles. The Hall–Kier alpha value is -0.480. The molecule has 0 aromatic rings. The first-order chi connectivity index (χ1) is 13.1. The van der Waals surface area contributed by atoms with Crippen molar-refractivity contribution in [2.24, 2.45) is 23.7 Å². The lowest BCUT2D eigenvalue weighted by Crippen LogP contribution is -2.47. The number of hydrogen-bond donors (Lipinski definition) is 0. The van der Waals surface area contributed by atoms with Gasteiger partial charge in [-0.15, -0.1) is 6.58 Å². The van der Waals surface area contributed by atoms with Gasteiger partial charge in [-0.2, -0.15) is 0 Å². The molecular formula is C23H38F2O2. The lowest BCUT2D eigenvalue weighted by molar-refractivity contribution is -0.122. The maximum Gasteiger partial charge on any atom is 0.160 e. The zero-order valence-electron chi connectivity index (χ0n) is 17.0. The standard InChI is InChI=1S/C23H38F2O2/c1-3-16-5-9-18(10-6-16)19-11-7-17(8-12-19)15-27-21-14-13-20(26-4-2)22(24)23(21)25/h3,16-23H,1,4-15H2,2H3. The molecule has 2 nitrogen and oxygen atoms in total. The zero-order chi connectivity index (χ0) is 19.2. The van der Waals surface area contributed by atoms with Crippen molar-refractivity contribution < 1.29 is 18.3 Å². The van der Waals surface area contributed by atoms with Crippen LogP contribution in [0.25, 0.3) is 0 Å². The zero-order valence-corrected chi connectivity index (χ0v) is 17.0. The highest BCUT2D eigenvalue weighted by molar-refractivity contribution is 4.91. The van der Waals surface area contributed by atoms with E-state index < -0.39 is 24.6 Å². The van der Waals surface area contributed by atoms with Gasteiger partial charge in [0.05, 0.1) is 12.2 Å². The highest BCUT2D eigenvalue weighted by Gasteiger charge is 2.41. The third kappa shape index (κ3) is 5.53. The van der Waals surface area contributed by atoms with E-state index in [4.69, 9.17) is 9.47 Å². The van der Waals surface area contributed by atoms with Crippen LogP contribution in [0, 0.1) is 23.7 Å². The average Bonchev–Trinajstić information content (AvgIpc) is 2.71. The summed E-state index contributed by atoms with van der Waals surface area (Å²) in [7, 11) is 0. The third-order valence-electron chi connectivity index (χ3n) is 7.38. The Bertz CT molecular complexity index is 442. The Balaban J connectivity index is 1.36. The second-order valence-electron chi connectivity index (χ2n) is 9.02. The summed E-state index contributed by atoms with van der Waals surface area (Å²) < 4.78 is 39.7. The van der Waals surface area contributed by atoms with Gasteiger partial charge in [-0.3, -0.25) is 0 Å². The molecule has 27 heavy (non-hydrogen) atoms. The second kappa shape index (κ2) is 10.3. The molecule has 0 amide bonds. The minimum Gasteiger partial charge on any atom is -0.375 e. The van der Waals surface area contributed by atoms with E-state index in [9.17, 15) is 8.78 Å². The molecule has 3 rings (SSSR count). The average molecular weight is 385 g/mol. The van der Waals surface area contributed by atoms with Crippen molar-refractivity contribution >= 4 is 0 Å². The number of allylic oxidation sites excluding steroid dienone is 1. The van der Waals surface area contributed by atoms with Gasteiger partial charge in [-0.1, -0.05) is 6.08 Å². The highest BCUT2D eigenvalue weighted by Crippen LogP contribution is 2.42. The predicted octanol–water partition coefficient (Wildman–Crippen LogP) is 6.05. The van der Waals surface area contributed by atoms with Crippen LogP contribution in [-0.4, -0.2) is 37.8 Å². The summed E-state index contributed by atoms with van der Waals surface area (Å²) in [6.45, 7) is 6.79. The maximum absolute atomic E-state index is 14.3. The van der Waals surface area contributed by atoms with Gasteiger partial charge in [0, 0.05) is 13.2 Å². The van der Waals surface area contributed by atoms with Gasteiger partial charge in [0.2, 0.25) is 0 Å². The lowest BCUT2D eigenvalue weighted by atomic mass is 9.69. The summed E-state index contributed by atoms with van der Waals surface area (Å²) in [6, 6.07) is 0. The van der Waals surface area contributed by atoms with Gasteiger partial charge in [0.25, 0.3) is 0 Å². The first kappa shape index (κ1) is 21.2. The normalized spacial score (nSPS) is 43.4. The number of ether oxygens (including phenoxy) is 2. The molecule has 156 valence electrons. The quantitative estimate of drug-likeness (QED) is 0.498. The summed E-state index contributed by atoms with van der Waals surface area (Å²) in [4.78, 5) is 0. The van der Waals surface area contributed by atoms with Crippen LogP contribution in [0.4, 0.5) is 8.78 Å². The van der Waals surface area contributed by atoms with Crippen LogP contribution in [0.5, 0.6) is 0 Å². The number of alkyl halides is 2. The van der Waals surface area contributed by atoms with Crippen LogP contribution in [-0.2, 0) is 9.47 Å². The molecule has 0 aliphatic heterocycles. The van der Waals surface area contributed by atoms with Crippen molar-refractivity contribution in [3.8, 4) is 0 Å². The SMILES string of the molecule is C=CC1CCC(C2CCC(COC3CCC(OCC)C(F)C3F)CC2)CC1. The molecule has 4 atom stereocenters. The fraction of sp³-hybridized carbons (Fsp3) is 0.913. The Morgan fingerprint density at radius 2 is 1.30 bits per heavy atom. The second-order valence-corrected chi connectivity index (χ2v) is 9.02. The fourth-order valence-corrected chi connectivity index (χ4v) is 5.56. The molecule has 0 saturated heterocycles. The highest BCUT2D eigenvalue weighted by atomic mass is 19.2. The van der Waals surface area contributed by atoms with Gasteiger partial charge in [0.1, 0.15) is 0 Å². The topological polar surface area (TPSA) is 18.5 Å². The molecule has 0 aromatic carbocycles. The molecule has 0 radical (unpaired) electrons. The molecule has 4 heteroatoms.